The number of methoxy groups -OCH3 is 1. The van der Waals surface area contributed by atoms with E-state index < -0.39 is 5.97 Å². The summed E-state index contributed by atoms with van der Waals surface area (Å²) in [4.78, 5) is 20.9. The molecule has 0 aliphatic rings. The van der Waals surface area contributed by atoms with Gasteiger partial charge in [-0.3, -0.25) is 0 Å². The largest absolute Gasteiger partial charge is 0.465 e. The maximum atomic E-state index is 11.8. The zero-order chi connectivity index (χ0) is 22.0. The van der Waals surface area contributed by atoms with Gasteiger partial charge in [-0.1, -0.05) is 50.4 Å². The van der Waals surface area contributed by atoms with E-state index in [1.165, 1.54) is 12.7 Å². The van der Waals surface area contributed by atoms with Crippen LogP contribution < -0.4 is 0 Å². The lowest BCUT2D eigenvalue weighted by Crippen LogP contribution is -2.18. The van der Waals surface area contributed by atoms with E-state index in [1.807, 2.05) is 24.8 Å². The lowest BCUT2D eigenvalue weighted by molar-refractivity contribution is 0.0601. The van der Waals surface area contributed by atoms with Gasteiger partial charge in [0.05, 0.1) is 40.3 Å². The van der Waals surface area contributed by atoms with Crippen LogP contribution in [0.25, 0.3) is 20.8 Å². The van der Waals surface area contributed by atoms with Crippen LogP contribution in [0.15, 0.2) is 55.1 Å². The average molecular weight is 454 g/mol. The molecule has 2 aromatic carbocycles. The van der Waals surface area contributed by atoms with Crippen molar-refractivity contribution in [3.8, 4) is 10.6 Å². The van der Waals surface area contributed by atoms with Crippen molar-refractivity contribution in [2.45, 2.75) is 32.7 Å². The molecule has 0 aliphatic heterocycles. The molecule has 31 heavy (non-hydrogen) atoms. The topological polar surface area (TPSA) is 57.0 Å². The van der Waals surface area contributed by atoms with E-state index in [-0.39, 0.29) is 6.04 Å². The smallest absolute Gasteiger partial charge is 0.339 e. The highest BCUT2D eigenvalue weighted by molar-refractivity contribution is 7.21. The van der Waals surface area contributed by atoms with Gasteiger partial charge in [-0.15, -0.1) is 11.3 Å². The fourth-order valence-corrected chi connectivity index (χ4v) is 5.30. The molecule has 4 aromatic rings. The van der Waals surface area contributed by atoms with Crippen LogP contribution in [0, 0.1) is 5.92 Å². The van der Waals surface area contributed by atoms with Crippen LogP contribution in [0.4, 0.5) is 0 Å². The van der Waals surface area contributed by atoms with Crippen LogP contribution >= 0.6 is 22.9 Å². The number of thiazole rings is 1. The zero-order valence-corrected chi connectivity index (χ0v) is 19.3. The zero-order valence-electron chi connectivity index (χ0n) is 17.7. The Bertz CT molecular complexity index is 1200. The molecular formula is C24H24ClN3O2S. The van der Waals surface area contributed by atoms with Gasteiger partial charge in [-0.25, -0.2) is 14.8 Å². The highest BCUT2D eigenvalue weighted by Gasteiger charge is 2.23. The van der Waals surface area contributed by atoms with E-state index in [0.717, 1.165) is 33.6 Å². The summed E-state index contributed by atoms with van der Waals surface area (Å²) in [5.74, 6) is 0.0705. The van der Waals surface area contributed by atoms with Gasteiger partial charge in [-0.05, 0) is 35.7 Å². The number of ether oxygens (including phenoxy) is 1. The first-order valence-electron chi connectivity index (χ1n) is 10.3. The Kier molecular flexibility index (Phi) is 6.39. The number of rotatable bonds is 7. The first-order chi connectivity index (χ1) is 15.0. The number of esters is 1. The van der Waals surface area contributed by atoms with Gasteiger partial charge < -0.3 is 9.30 Å². The Morgan fingerprint density at radius 3 is 2.65 bits per heavy atom. The molecule has 160 valence electrons. The first kappa shape index (κ1) is 21.5. The van der Waals surface area contributed by atoms with Crippen molar-refractivity contribution in [1.29, 1.82) is 0 Å². The molecule has 7 heteroatoms. The second-order valence-electron chi connectivity index (χ2n) is 7.46. The van der Waals surface area contributed by atoms with Crippen LogP contribution in [0.2, 0.25) is 5.02 Å². The summed E-state index contributed by atoms with van der Waals surface area (Å²) in [5, 5.41) is 1.23. The van der Waals surface area contributed by atoms with Crippen molar-refractivity contribution in [3.05, 3.63) is 71.3 Å². The number of carbonyl (C=O) groups is 1. The molecule has 0 N–H and O–H groups in total. The number of benzene rings is 2. The van der Waals surface area contributed by atoms with Gasteiger partial charge in [0.2, 0.25) is 0 Å². The third-order valence-corrected chi connectivity index (χ3v) is 7.10. The Labute approximate surface area is 190 Å². The molecular weight excluding hydrogens is 430 g/mol. The molecule has 1 atom stereocenters. The van der Waals surface area contributed by atoms with Crippen molar-refractivity contribution in [1.82, 2.24) is 14.5 Å². The predicted octanol–water partition coefficient (Wildman–Crippen LogP) is 6.63. The van der Waals surface area contributed by atoms with Crippen LogP contribution in [-0.4, -0.2) is 27.6 Å². The second-order valence-corrected chi connectivity index (χ2v) is 8.90. The second kappa shape index (κ2) is 9.20. The van der Waals surface area contributed by atoms with E-state index in [2.05, 4.69) is 41.6 Å². The van der Waals surface area contributed by atoms with Gasteiger partial charge in [0.1, 0.15) is 5.01 Å². The summed E-state index contributed by atoms with van der Waals surface area (Å²) in [5.41, 5.74) is 3.44. The van der Waals surface area contributed by atoms with E-state index in [4.69, 9.17) is 21.3 Å². The highest BCUT2D eigenvalue weighted by Crippen LogP contribution is 2.37. The van der Waals surface area contributed by atoms with Crippen LogP contribution in [0.1, 0.15) is 48.7 Å². The molecule has 0 saturated heterocycles. The third kappa shape index (κ3) is 4.23. The Morgan fingerprint density at radius 2 is 2.00 bits per heavy atom. The van der Waals surface area contributed by atoms with E-state index in [1.54, 1.807) is 23.5 Å². The number of fused-ring (bicyclic) bond motifs is 1. The summed E-state index contributed by atoms with van der Waals surface area (Å²) >= 11 is 7.93. The van der Waals surface area contributed by atoms with Crippen molar-refractivity contribution in [3.63, 3.8) is 0 Å². The number of hydrogen-bond acceptors (Lipinski definition) is 5. The van der Waals surface area contributed by atoms with Gasteiger partial charge in [0.15, 0.2) is 0 Å². The molecule has 2 heterocycles. The van der Waals surface area contributed by atoms with E-state index >= 15 is 0 Å². The molecule has 0 amide bonds. The minimum atomic E-state index is -0.447. The van der Waals surface area contributed by atoms with Crippen LogP contribution in [-0.2, 0) is 4.74 Å². The number of imidazole rings is 1. The summed E-state index contributed by atoms with van der Waals surface area (Å²) in [6, 6.07) is 12.0. The van der Waals surface area contributed by atoms with Gasteiger partial charge in [0.25, 0.3) is 0 Å². The number of hydrogen-bond donors (Lipinski definition) is 0. The normalized spacial score (nSPS) is 12.4. The molecule has 0 radical (unpaired) electrons. The lowest BCUT2D eigenvalue weighted by atomic mass is 9.88. The highest BCUT2D eigenvalue weighted by atomic mass is 35.5. The fraction of sp³-hybridized carbons (Fsp3) is 0.292. The van der Waals surface area contributed by atoms with Gasteiger partial charge in [0, 0.05) is 18.0 Å². The Balaban J connectivity index is 1.73. The van der Waals surface area contributed by atoms with Crippen molar-refractivity contribution in [2.75, 3.05) is 7.11 Å². The molecule has 4 rings (SSSR count). The number of halogens is 1. The summed E-state index contributed by atoms with van der Waals surface area (Å²) in [7, 11) is 1.34. The molecule has 2 aromatic heterocycles. The standard InChI is InChI=1S/C24H24ClN3O2S/c1-4-15(5-2)22(28-11-10-26-14-28)16-7-9-20-21(13-16)31-23(27-20)17-6-8-18(19(25)12-17)24(29)30-3/h6-15,22H,4-5H2,1-3H3. The van der Waals surface area contributed by atoms with Crippen molar-refractivity contribution >= 4 is 39.1 Å². The summed E-state index contributed by atoms with van der Waals surface area (Å²) < 4.78 is 8.09. The minimum Gasteiger partial charge on any atom is -0.465 e. The molecule has 0 spiro atoms. The Morgan fingerprint density at radius 1 is 1.19 bits per heavy atom. The monoisotopic (exact) mass is 453 g/mol. The maximum Gasteiger partial charge on any atom is 0.339 e. The summed E-state index contributed by atoms with van der Waals surface area (Å²) in [6.07, 6.45) is 7.96. The predicted molar refractivity (Wildman–Crippen MR) is 126 cm³/mol. The first-order valence-corrected chi connectivity index (χ1v) is 11.5. The van der Waals surface area contributed by atoms with Crippen LogP contribution in [0.3, 0.4) is 0 Å². The quantitative estimate of drug-likeness (QED) is 0.295. The molecule has 1 unspecified atom stereocenters. The number of aromatic nitrogens is 3. The SMILES string of the molecule is CCC(CC)C(c1ccc2nc(-c3ccc(C(=O)OC)c(Cl)c3)sc2c1)n1ccnc1. The van der Waals surface area contributed by atoms with Gasteiger partial charge in [-0.2, -0.15) is 0 Å². The minimum absolute atomic E-state index is 0.237. The number of carbonyl (C=O) groups excluding carboxylic acids is 1. The van der Waals surface area contributed by atoms with Crippen molar-refractivity contribution < 1.29 is 9.53 Å². The average Bonchev–Trinajstić information content (AvgIpc) is 3.46. The Hall–Kier alpha value is -2.70. The maximum absolute atomic E-state index is 11.8. The molecule has 0 aliphatic carbocycles. The third-order valence-electron chi connectivity index (χ3n) is 5.72. The van der Waals surface area contributed by atoms with Crippen molar-refractivity contribution in [2.24, 2.45) is 5.92 Å². The lowest BCUT2D eigenvalue weighted by Gasteiger charge is -2.27. The fourth-order valence-electron chi connectivity index (χ4n) is 4.03. The number of nitrogens with zero attached hydrogens (tertiary/aromatic N) is 3. The molecule has 0 fully saturated rings. The molecule has 0 saturated carbocycles. The van der Waals surface area contributed by atoms with E-state index in [9.17, 15) is 4.79 Å². The molecule has 0 bridgehead atoms. The van der Waals surface area contributed by atoms with Crippen LogP contribution in [0.5, 0.6) is 0 Å². The summed E-state index contributed by atoms with van der Waals surface area (Å²) in [6.45, 7) is 4.48. The van der Waals surface area contributed by atoms with Gasteiger partial charge >= 0.3 is 5.97 Å². The van der Waals surface area contributed by atoms with E-state index in [0.29, 0.717) is 16.5 Å². The molecule has 5 nitrogen and oxygen atoms in total.